The van der Waals surface area contributed by atoms with Gasteiger partial charge in [0.25, 0.3) is 0 Å². The number of carbonyl (C=O) groups is 2. The van der Waals surface area contributed by atoms with Crippen LogP contribution >= 0.6 is 0 Å². The van der Waals surface area contributed by atoms with E-state index in [1.165, 1.54) is 4.57 Å². The summed E-state index contributed by atoms with van der Waals surface area (Å²) in [7, 11) is 0. The van der Waals surface area contributed by atoms with Gasteiger partial charge in [0.05, 0.1) is 6.85 Å². The number of aliphatic carboxylic acids is 1. The van der Waals surface area contributed by atoms with E-state index in [1.54, 1.807) is 0 Å². The Kier molecular flexibility index (Phi) is 2.95. The summed E-state index contributed by atoms with van der Waals surface area (Å²) < 4.78 is 42.9. The molecule has 4 heteroatoms. The van der Waals surface area contributed by atoms with E-state index in [0.29, 0.717) is 12.8 Å². The Morgan fingerprint density at radius 1 is 1.16 bits per heavy atom. The molecule has 1 N–H and O–H groups in total. The van der Waals surface area contributed by atoms with E-state index >= 15 is 0 Å². The molecule has 134 valence electrons. The van der Waals surface area contributed by atoms with E-state index in [-0.39, 0.29) is 70.2 Å². The SMILES string of the molecule is [2H]c1c([2H])c([2H])c2c(c1[2H])c(C(=O)C1C(C)(C)C1(C)C)c([2H])n2CCCCC(=O)O. The fourth-order valence-electron chi connectivity index (χ4n) is 3.82. The number of carboxylic acids is 1. The van der Waals surface area contributed by atoms with Crippen molar-refractivity contribution in [1.29, 1.82) is 0 Å². The largest absolute Gasteiger partial charge is 0.481 e. The second kappa shape index (κ2) is 6.01. The van der Waals surface area contributed by atoms with E-state index in [0.717, 1.165) is 0 Å². The van der Waals surface area contributed by atoms with Gasteiger partial charge in [-0.25, -0.2) is 0 Å². The first-order valence-electron chi connectivity index (χ1n) is 11.1. The quantitative estimate of drug-likeness (QED) is 0.581. The van der Waals surface area contributed by atoms with Gasteiger partial charge in [0.1, 0.15) is 0 Å². The van der Waals surface area contributed by atoms with Crippen molar-refractivity contribution in [3.8, 4) is 0 Å². The number of carbonyl (C=O) groups excluding carboxylic acids is 1. The van der Waals surface area contributed by atoms with Crippen LogP contribution in [0.3, 0.4) is 0 Å². The number of hydrogen-bond acceptors (Lipinski definition) is 2. The molecule has 1 aliphatic rings. The molecule has 0 spiro atoms. The lowest BCUT2D eigenvalue weighted by atomic mass is 10.0. The summed E-state index contributed by atoms with van der Waals surface area (Å²) in [5.41, 5.74) is -0.380. The third kappa shape index (κ3) is 2.88. The standard InChI is InChI=1S/C21H27NO3/c1-20(2)19(21(20,3)4)18(25)15-13-22(12-8-7-11-17(23)24)16-10-6-5-9-14(15)16/h5-6,9-10,13,19H,7-8,11-12H2,1-4H3,(H,23,24)/i5D,6D,9D,10D,13D. The van der Waals surface area contributed by atoms with Crippen molar-refractivity contribution in [2.75, 3.05) is 0 Å². The van der Waals surface area contributed by atoms with E-state index in [2.05, 4.69) is 0 Å². The number of fused-ring (bicyclic) bond motifs is 1. The van der Waals surface area contributed by atoms with Gasteiger partial charge in [0.15, 0.2) is 5.78 Å². The zero-order valence-electron chi connectivity index (χ0n) is 20.1. The van der Waals surface area contributed by atoms with Gasteiger partial charge in [-0.3, -0.25) is 9.59 Å². The minimum atomic E-state index is -0.922. The topological polar surface area (TPSA) is 59.3 Å². The smallest absolute Gasteiger partial charge is 0.303 e. The van der Waals surface area contributed by atoms with Gasteiger partial charge in [-0.2, -0.15) is 0 Å². The first kappa shape index (κ1) is 12.3. The van der Waals surface area contributed by atoms with E-state index in [9.17, 15) is 9.59 Å². The lowest BCUT2D eigenvalue weighted by Gasteiger charge is -2.04. The number of Topliss-reactive ketones (excluding diaryl/α,β-unsaturated/α-hetero) is 1. The lowest BCUT2D eigenvalue weighted by molar-refractivity contribution is -0.137. The predicted molar refractivity (Wildman–Crippen MR) is 98.8 cm³/mol. The van der Waals surface area contributed by atoms with E-state index < -0.39 is 18.1 Å². The highest BCUT2D eigenvalue weighted by Gasteiger charge is 2.68. The molecule has 1 aromatic heterocycles. The normalized spacial score (nSPS) is 21.2. The van der Waals surface area contributed by atoms with Crippen LogP contribution in [0, 0.1) is 16.7 Å². The number of hydrogen-bond donors (Lipinski definition) is 1. The summed E-state index contributed by atoms with van der Waals surface area (Å²) in [5, 5.41) is 8.93. The number of para-hydroxylation sites is 1. The van der Waals surface area contributed by atoms with Crippen LogP contribution in [0.15, 0.2) is 30.3 Å². The summed E-state index contributed by atoms with van der Waals surface area (Å²) >= 11 is 0. The number of aromatic nitrogens is 1. The number of carboxylic acid groups (broad SMARTS) is 1. The van der Waals surface area contributed by atoms with Gasteiger partial charge in [-0.15, -0.1) is 0 Å². The third-order valence-corrected chi connectivity index (χ3v) is 5.99. The second-order valence-electron chi connectivity index (χ2n) is 7.95. The number of rotatable bonds is 7. The van der Waals surface area contributed by atoms with Gasteiger partial charge in [-0.05, 0) is 29.7 Å². The maximum Gasteiger partial charge on any atom is 0.303 e. The summed E-state index contributed by atoms with van der Waals surface area (Å²) in [5.74, 6) is -1.54. The molecule has 1 saturated carbocycles. The van der Waals surface area contributed by atoms with Crippen molar-refractivity contribution in [3.05, 3.63) is 35.9 Å². The summed E-state index contributed by atoms with van der Waals surface area (Å²) in [4.78, 5) is 24.3. The van der Waals surface area contributed by atoms with Crippen LogP contribution in [0.2, 0.25) is 0 Å². The average molecular weight is 346 g/mol. The van der Waals surface area contributed by atoms with E-state index in [1.807, 2.05) is 27.7 Å². The number of ketones is 1. The summed E-state index contributed by atoms with van der Waals surface area (Å²) in [6.07, 6.45) is 0.626. The maximum absolute atomic E-state index is 13.5. The molecule has 1 aliphatic carbocycles. The monoisotopic (exact) mass is 346 g/mol. The van der Waals surface area contributed by atoms with Gasteiger partial charge in [0.2, 0.25) is 0 Å². The Bertz CT molecular complexity index is 1060. The van der Waals surface area contributed by atoms with Crippen LogP contribution in [-0.4, -0.2) is 21.4 Å². The number of benzene rings is 1. The van der Waals surface area contributed by atoms with Crippen LogP contribution in [0.25, 0.3) is 10.9 Å². The molecule has 4 nitrogen and oxygen atoms in total. The van der Waals surface area contributed by atoms with Crippen LogP contribution in [0.4, 0.5) is 0 Å². The van der Waals surface area contributed by atoms with E-state index in [4.69, 9.17) is 12.0 Å². The van der Waals surface area contributed by atoms with Crippen molar-refractivity contribution in [1.82, 2.24) is 4.57 Å². The predicted octanol–water partition coefficient (Wildman–Crippen LogP) is 4.76. The molecule has 0 saturated heterocycles. The maximum atomic E-state index is 13.5. The zero-order valence-corrected chi connectivity index (χ0v) is 15.1. The number of aryl methyl sites for hydroxylation is 1. The molecular weight excluding hydrogens is 314 g/mol. The van der Waals surface area contributed by atoms with Crippen molar-refractivity contribution < 1.29 is 21.5 Å². The van der Waals surface area contributed by atoms with Crippen molar-refractivity contribution >= 4 is 22.7 Å². The van der Waals surface area contributed by atoms with Crippen molar-refractivity contribution in [2.45, 2.75) is 53.5 Å². The summed E-state index contributed by atoms with van der Waals surface area (Å²) in [6.45, 7) is 8.15. The van der Waals surface area contributed by atoms with Crippen molar-refractivity contribution in [2.24, 2.45) is 16.7 Å². The molecule has 0 atom stereocenters. The molecule has 1 fully saturated rings. The molecule has 0 radical (unpaired) electrons. The Hall–Kier alpha value is -2.10. The molecular formula is C21H27NO3. The third-order valence-electron chi connectivity index (χ3n) is 5.99. The fraction of sp³-hybridized carbons (Fsp3) is 0.524. The Labute approximate surface area is 155 Å². The van der Waals surface area contributed by atoms with Gasteiger partial charge >= 0.3 is 5.97 Å². The first-order valence-corrected chi connectivity index (χ1v) is 8.61. The van der Waals surface area contributed by atoms with Crippen LogP contribution in [0.5, 0.6) is 0 Å². The van der Waals surface area contributed by atoms with Crippen LogP contribution in [-0.2, 0) is 11.3 Å². The van der Waals surface area contributed by atoms with Gasteiger partial charge < -0.3 is 9.67 Å². The minimum absolute atomic E-state index is 0.0270. The highest BCUT2D eigenvalue weighted by molar-refractivity contribution is 6.11. The Morgan fingerprint density at radius 3 is 2.40 bits per heavy atom. The molecule has 0 bridgehead atoms. The highest BCUT2D eigenvalue weighted by Crippen LogP contribution is 2.69. The van der Waals surface area contributed by atoms with Gasteiger partial charge in [0, 0.05) is 41.5 Å². The van der Waals surface area contributed by atoms with Crippen LogP contribution < -0.4 is 0 Å². The van der Waals surface area contributed by atoms with Crippen LogP contribution in [0.1, 0.15) is 64.2 Å². The zero-order chi connectivity index (χ0) is 22.8. The Balaban J connectivity index is 2.19. The Morgan fingerprint density at radius 2 is 1.80 bits per heavy atom. The average Bonchev–Trinajstić information content (AvgIpc) is 2.91. The highest BCUT2D eigenvalue weighted by atomic mass is 16.4. The lowest BCUT2D eigenvalue weighted by Crippen LogP contribution is -2.07. The van der Waals surface area contributed by atoms with Crippen molar-refractivity contribution in [3.63, 3.8) is 0 Å². The molecule has 0 amide bonds. The number of nitrogens with zero attached hydrogens (tertiary/aromatic N) is 1. The molecule has 1 aromatic carbocycles. The molecule has 25 heavy (non-hydrogen) atoms. The number of unbranched alkanes of at least 4 members (excludes halogenated alkanes) is 1. The summed E-state index contributed by atoms with van der Waals surface area (Å²) in [6, 6.07) is -1.45. The fourth-order valence-corrected chi connectivity index (χ4v) is 3.82. The second-order valence-corrected chi connectivity index (χ2v) is 7.95. The first-order chi connectivity index (χ1) is 13.8. The molecule has 2 aromatic rings. The minimum Gasteiger partial charge on any atom is -0.481 e. The molecule has 3 rings (SSSR count). The van der Waals surface area contributed by atoms with Gasteiger partial charge in [-0.1, -0.05) is 45.8 Å². The molecule has 0 aliphatic heterocycles. The molecule has 1 heterocycles. The molecule has 0 unspecified atom stereocenters.